The Labute approximate surface area is 152 Å². The van der Waals surface area contributed by atoms with Gasteiger partial charge in [0.2, 0.25) is 0 Å². The first kappa shape index (κ1) is 17.2. The van der Waals surface area contributed by atoms with Crippen molar-refractivity contribution in [3.63, 3.8) is 0 Å². The minimum absolute atomic E-state index is 0.246. The minimum atomic E-state index is 0.246. The van der Waals surface area contributed by atoms with Crippen LogP contribution in [0, 0.1) is 6.92 Å². The average Bonchev–Trinajstić information content (AvgIpc) is 2.62. The highest BCUT2D eigenvalue weighted by molar-refractivity contribution is 6.30. The zero-order valence-electron chi connectivity index (χ0n) is 14.0. The number of nitrogens with one attached hydrogen (secondary N) is 1. The Kier molecular flexibility index (Phi) is 5.46. The second-order valence-corrected chi connectivity index (χ2v) is 6.30. The minimum Gasteiger partial charge on any atom is -0.508 e. The number of anilines is 1. The first-order valence-electron chi connectivity index (χ1n) is 8.10. The normalized spacial score (nSPS) is 10.5. The first-order valence-corrected chi connectivity index (χ1v) is 8.48. The SMILES string of the molecule is Cc1ccccc1COc1ccc(Cl)cc1CNc1ccc(O)cc1. The molecular formula is C21H20ClNO2. The number of halogens is 1. The van der Waals surface area contributed by atoms with Crippen LogP contribution in [0.3, 0.4) is 0 Å². The maximum Gasteiger partial charge on any atom is 0.124 e. The van der Waals surface area contributed by atoms with Crippen molar-refractivity contribution in [1.82, 2.24) is 0 Å². The number of aryl methyl sites for hydroxylation is 1. The van der Waals surface area contributed by atoms with Crippen LogP contribution < -0.4 is 10.1 Å². The van der Waals surface area contributed by atoms with Crippen molar-refractivity contribution < 1.29 is 9.84 Å². The van der Waals surface area contributed by atoms with Gasteiger partial charge in [-0.3, -0.25) is 0 Å². The predicted molar refractivity (Wildman–Crippen MR) is 102 cm³/mol. The molecule has 3 aromatic carbocycles. The summed E-state index contributed by atoms with van der Waals surface area (Å²) < 4.78 is 6.03. The van der Waals surface area contributed by atoms with E-state index in [0.29, 0.717) is 18.2 Å². The molecule has 0 unspecified atom stereocenters. The van der Waals surface area contributed by atoms with E-state index in [4.69, 9.17) is 16.3 Å². The summed E-state index contributed by atoms with van der Waals surface area (Å²) >= 11 is 6.15. The molecule has 128 valence electrons. The maximum absolute atomic E-state index is 9.36. The van der Waals surface area contributed by atoms with Crippen LogP contribution in [0.4, 0.5) is 5.69 Å². The lowest BCUT2D eigenvalue weighted by Crippen LogP contribution is -2.04. The molecule has 0 heterocycles. The second-order valence-electron chi connectivity index (χ2n) is 5.87. The third kappa shape index (κ3) is 4.68. The van der Waals surface area contributed by atoms with Crippen molar-refractivity contribution in [2.45, 2.75) is 20.1 Å². The van der Waals surface area contributed by atoms with E-state index in [1.165, 1.54) is 5.56 Å². The molecule has 3 aromatic rings. The predicted octanol–water partition coefficient (Wildman–Crippen LogP) is 5.55. The van der Waals surface area contributed by atoms with Crippen LogP contribution in [-0.4, -0.2) is 5.11 Å². The Morgan fingerprint density at radius 3 is 2.48 bits per heavy atom. The molecule has 0 fully saturated rings. The molecule has 3 rings (SSSR count). The fraction of sp³-hybridized carbons (Fsp3) is 0.143. The molecule has 0 amide bonds. The summed E-state index contributed by atoms with van der Waals surface area (Å²) in [6, 6.07) is 20.8. The van der Waals surface area contributed by atoms with Gasteiger partial charge in [0.25, 0.3) is 0 Å². The standard InChI is InChI=1S/C21H20ClNO2/c1-15-4-2-3-5-16(15)14-25-21-11-6-18(22)12-17(21)13-23-19-7-9-20(24)10-8-19/h2-12,23-24H,13-14H2,1H3. The van der Waals surface area contributed by atoms with Crippen LogP contribution >= 0.6 is 11.6 Å². The molecule has 0 spiro atoms. The summed E-state index contributed by atoms with van der Waals surface area (Å²) in [6.07, 6.45) is 0. The smallest absolute Gasteiger partial charge is 0.124 e. The van der Waals surface area contributed by atoms with E-state index < -0.39 is 0 Å². The molecule has 2 N–H and O–H groups in total. The summed E-state index contributed by atoms with van der Waals surface area (Å²) in [6.45, 7) is 3.17. The Bertz CT molecular complexity index is 847. The van der Waals surface area contributed by atoms with E-state index in [0.717, 1.165) is 22.6 Å². The lowest BCUT2D eigenvalue weighted by Gasteiger charge is -2.14. The molecule has 4 heteroatoms. The third-order valence-electron chi connectivity index (χ3n) is 4.02. The van der Waals surface area contributed by atoms with Gasteiger partial charge in [-0.25, -0.2) is 0 Å². The molecule has 25 heavy (non-hydrogen) atoms. The number of phenolic OH excluding ortho intramolecular Hbond substituents is 1. The Balaban J connectivity index is 1.71. The van der Waals surface area contributed by atoms with Crippen LogP contribution in [0.15, 0.2) is 66.7 Å². The first-order chi connectivity index (χ1) is 12.1. The Morgan fingerprint density at radius 2 is 1.72 bits per heavy atom. The molecule has 0 bridgehead atoms. The number of hydrogen-bond acceptors (Lipinski definition) is 3. The molecule has 0 aliphatic carbocycles. The van der Waals surface area contributed by atoms with E-state index in [-0.39, 0.29) is 5.75 Å². The lowest BCUT2D eigenvalue weighted by molar-refractivity contribution is 0.302. The molecule has 0 radical (unpaired) electrons. The lowest BCUT2D eigenvalue weighted by atomic mass is 10.1. The number of hydrogen-bond donors (Lipinski definition) is 2. The summed E-state index contributed by atoms with van der Waals surface area (Å²) in [5.41, 5.74) is 4.27. The number of phenols is 1. The quantitative estimate of drug-likeness (QED) is 0.571. The monoisotopic (exact) mass is 353 g/mol. The van der Waals surface area contributed by atoms with E-state index in [9.17, 15) is 5.11 Å². The molecule has 0 aromatic heterocycles. The van der Waals surface area contributed by atoms with Crippen molar-refractivity contribution in [2.75, 3.05) is 5.32 Å². The highest BCUT2D eigenvalue weighted by Crippen LogP contribution is 2.25. The van der Waals surface area contributed by atoms with Crippen LogP contribution in [0.2, 0.25) is 5.02 Å². The van der Waals surface area contributed by atoms with E-state index in [1.807, 2.05) is 42.5 Å². The van der Waals surface area contributed by atoms with Gasteiger partial charge in [0, 0.05) is 22.8 Å². The Hall–Kier alpha value is -2.65. The van der Waals surface area contributed by atoms with Crippen molar-refractivity contribution >= 4 is 17.3 Å². The number of benzene rings is 3. The van der Waals surface area contributed by atoms with Crippen LogP contribution in [0.5, 0.6) is 11.5 Å². The molecule has 0 saturated heterocycles. The molecule has 0 saturated carbocycles. The molecule has 0 aliphatic rings. The number of aromatic hydroxyl groups is 1. The summed E-state index contributed by atoms with van der Waals surface area (Å²) in [4.78, 5) is 0. The van der Waals surface area contributed by atoms with Crippen molar-refractivity contribution in [2.24, 2.45) is 0 Å². The molecule has 0 aliphatic heterocycles. The van der Waals surface area contributed by atoms with Gasteiger partial charge < -0.3 is 15.2 Å². The fourth-order valence-corrected chi connectivity index (χ4v) is 2.73. The van der Waals surface area contributed by atoms with Gasteiger partial charge in [0.1, 0.15) is 18.1 Å². The maximum atomic E-state index is 9.36. The van der Waals surface area contributed by atoms with Crippen molar-refractivity contribution in [3.05, 3.63) is 88.4 Å². The van der Waals surface area contributed by atoms with Gasteiger partial charge in [0.15, 0.2) is 0 Å². The highest BCUT2D eigenvalue weighted by Gasteiger charge is 2.07. The van der Waals surface area contributed by atoms with Crippen molar-refractivity contribution in [3.8, 4) is 11.5 Å². The fourth-order valence-electron chi connectivity index (χ4n) is 2.53. The third-order valence-corrected chi connectivity index (χ3v) is 4.25. The van der Waals surface area contributed by atoms with E-state index >= 15 is 0 Å². The largest absolute Gasteiger partial charge is 0.508 e. The van der Waals surface area contributed by atoms with Crippen LogP contribution in [-0.2, 0) is 13.2 Å². The summed E-state index contributed by atoms with van der Waals surface area (Å²) in [5.74, 6) is 1.05. The number of rotatable bonds is 6. The van der Waals surface area contributed by atoms with E-state index in [2.05, 4.69) is 24.4 Å². The van der Waals surface area contributed by atoms with Crippen LogP contribution in [0.25, 0.3) is 0 Å². The van der Waals surface area contributed by atoms with Crippen LogP contribution in [0.1, 0.15) is 16.7 Å². The van der Waals surface area contributed by atoms with Gasteiger partial charge >= 0.3 is 0 Å². The zero-order chi connectivity index (χ0) is 17.6. The van der Waals surface area contributed by atoms with Gasteiger partial charge in [0.05, 0.1) is 0 Å². The summed E-state index contributed by atoms with van der Waals surface area (Å²) in [7, 11) is 0. The van der Waals surface area contributed by atoms with Gasteiger partial charge in [-0.15, -0.1) is 0 Å². The Morgan fingerprint density at radius 1 is 0.960 bits per heavy atom. The molecule has 0 atom stereocenters. The van der Waals surface area contributed by atoms with Gasteiger partial charge in [-0.2, -0.15) is 0 Å². The molecule has 3 nitrogen and oxygen atoms in total. The average molecular weight is 354 g/mol. The summed E-state index contributed by atoms with van der Waals surface area (Å²) in [5, 5.41) is 13.3. The second kappa shape index (κ2) is 7.95. The van der Waals surface area contributed by atoms with Crippen molar-refractivity contribution in [1.29, 1.82) is 0 Å². The molecular weight excluding hydrogens is 334 g/mol. The van der Waals surface area contributed by atoms with Gasteiger partial charge in [-0.05, 0) is 60.5 Å². The van der Waals surface area contributed by atoms with E-state index in [1.54, 1.807) is 12.1 Å². The van der Waals surface area contributed by atoms with Gasteiger partial charge in [-0.1, -0.05) is 35.9 Å². The topological polar surface area (TPSA) is 41.5 Å². The number of ether oxygens (including phenoxy) is 1. The zero-order valence-corrected chi connectivity index (χ0v) is 14.8. The highest BCUT2D eigenvalue weighted by atomic mass is 35.5.